The zero-order chi connectivity index (χ0) is 26.2. The minimum Gasteiger partial charge on any atom is -0.494 e. The number of hydrogen-bond acceptors (Lipinski definition) is 7. The van der Waals surface area contributed by atoms with Crippen LogP contribution in [0, 0.1) is 6.92 Å². The standard InChI is InChI=1S/C27H26N8O3/c1-17-31-16-35(32-17)26-23-22(21(38-2)15-30-26)20(14-29-23)24(36)27(37)33-11-8-19(9-12-33)34-13-10-28-25(34)18-6-4-3-5-7-18/h3-7,10,13-16,19,29H,8-9,11-12H2,1-2H3. The topological polar surface area (TPSA) is 124 Å². The van der Waals surface area contributed by atoms with Crippen LogP contribution in [0.4, 0.5) is 0 Å². The maximum absolute atomic E-state index is 13.5. The second kappa shape index (κ2) is 9.58. The molecule has 11 heteroatoms. The van der Waals surface area contributed by atoms with Gasteiger partial charge in [-0.05, 0) is 19.8 Å². The van der Waals surface area contributed by atoms with Gasteiger partial charge >= 0.3 is 0 Å². The summed E-state index contributed by atoms with van der Waals surface area (Å²) in [6, 6.07) is 10.2. The van der Waals surface area contributed by atoms with Gasteiger partial charge in [0.2, 0.25) is 0 Å². The predicted molar refractivity (Wildman–Crippen MR) is 139 cm³/mol. The Morgan fingerprint density at radius 1 is 1.08 bits per heavy atom. The first-order valence-corrected chi connectivity index (χ1v) is 12.4. The van der Waals surface area contributed by atoms with Crippen LogP contribution in [-0.4, -0.2) is 71.1 Å². The third-order valence-electron chi connectivity index (χ3n) is 6.98. The van der Waals surface area contributed by atoms with E-state index in [1.165, 1.54) is 24.2 Å². The Morgan fingerprint density at radius 3 is 2.58 bits per heavy atom. The summed E-state index contributed by atoms with van der Waals surface area (Å²) in [6.45, 7) is 2.73. The number of piperidine rings is 1. The number of benzene rings is 1. The smallest absolute Gasteiger partial charge is 0.295 e. The molecule has 0 bridgehead atoms. The number of ketones is 1. The molecule has 192 valence electrons. The summed E-state index contributed by atoms with van der Waals surface area (Å²) in [7, 11) is 1.50. The van der Waals surface area contributed by atoms with Gasteiger partial charge in [-0.25, -0.2) is 19.6 Å². The van der Waals surface area contributed by atoms with Gasteiger partial charge in [-0.1, -0.05) is 30.3 Å². The van der Waals surface area contributed by atoms with E-state index in [-0.39, 0.29) is 11.6 Å². The van der Waals surface area contributed by atoms with Crippen LogP contribution in [-0.2, 0) is 4.79 Å². The number of amides is 1. The number of Topliss-reactive ketones (excluding diaryl/α,β-unsaturated/α-hetero) is 1. The van der Waals surface area contributed by atoms with Crippen LogP contribution in [0.25, 0.3) is 28.1 Å². The van der Waals surface area contributed by atoms with Crippen LogP contribution in [0.2, 0.25) is 0 Å². The third kappa shape index (κ3) is 4.01. The fraction of sp³-hybridized carbons (Fsp3) is 0.259. The normalized spacial score (nSPS) is 14.2. The lowest BCUT2D eigenvalue weighted by Crippen LogP contribution is -2.42. The third-order valence-corrected chi connectivity index (χ3v) is 6.98. The Morgan fingerprint density at radius 2 is 1.87 bits per heavy atom. The average molecular weight is 511 g/mol. The molecule has 0 atom stereocenters. The van der Waals surface area contributed by atoms with E-state index in [0.717, 1.165) is 24.2 Å². The van der Waals surface area contributed by atoms with Gasteiger partial charge in [-0.15, -0.1) is 0 Å². The number of hydrogen-bond donors (Lipinski definition) is 1. The van der Waals surface area contributed by atoms with Crippen molar-refractivity contribution in [2.75, 3.05) is 20.2 Å². The Kier molecular flexibility index (Phi) is 5.95. The highest BCUT2D eigenvalue weighted by Crippen LogP contribution is 2.33. The number of nitrogens with one attached hydrogen (secondary N) is 1. The number of H-pyrrole nitrogens is 1. The van der Waals surface area contributed by atoms with Gasteiger partial charge < -0.3 is 19.2 Å². The van der Waals surface area contributed by atoms with Gasteiger partial charge in [0.1, 0.15) is 23.7 Å². The lowest BCUT2D eigenvalue weighted by molar-refractivity contribution is -0.127. The number of likely N-dealkylation sites (tertiary alicyclic amines) is 1. The van der Waals surface area contributed by atoms with E-state index in [2.05, 4.69) is 29.6 Å². The molecule has 0 saturated carbocycles. The number of imidazole rings is 1. The molecule has 1 amide bonds. The molecule has 38 heavy (non-hydrogen) atoms. The Bertz CT molecular complexity index is 1630. The molecule has 0 aliphatic carbocycles. The Hall–Kier alpha value is -4.80. The van der Waals surface area contributed by atoms with Gasteiger partial charge in [0.15, 0.2) is 5.82 Å². The highest BCUT2D eigenvalue weighted by Gasteiger charge is 2.31. The molecule has 0 radical (unpaired) electrons. The van der Waals surface area contributed by atoms with E-state index in [0.29, 0.717) is 41.4 Å². The minimum atomic E-state index is -0.590. The van der Waals surface area contributed by atoms with Crippen LogP contribution in [0.15, 0.2) is 61.4 Å². The molecule has 1 N–H and O–H groups in total. The molecule has 1 aliphatic heterocycles. The van der Waals surface area contributed by atoms with E-state index in [1.807, 2.05) is 36.5 Å². The first-order chi connectivity index (χ1) is 18.5. The average Bonchev–Trinajstić information content (AvgIpc) is 3.72. The summed E-state index contributed by atoms with van der Waals surface area (Å²) in [4.78, 5) is 44.6. The lowest BCUT2D eigenvalue weighted by Gasteiger charge is -2.33. The lowest BCUT2D eigenvalue weighted by atomic mass is 10.0. The van der Waals surface area contributed by atoms with Gasteiger partial charge in [-0.3, -0.25) is 9.59 Å². The fourth-order valence-corrected chi connectivity index (χ4v) is 5.08. The van der Waals surface area contributed by atoms with Crippen molar-refractivity contribution in [2.45, 2.75) is 25.8 Å². The van der Waals surface area contributed by atoms with Crippen molar-refractivity contribution in [3.05, 3.63) is 72.8 Å². The van der Waals surface area contributed by atoms with Gasteiger partial charge in [0, 0.05) is 43.3 Å². The van der Waals surface area contributed by atoms with Crippen LogP contribution in [0.3, 0.4) is 0 Å². The highest BCUT2D eigenvalue weighted by atomic mass is 16.5. The molecule has 1 saturated heterocycles. The number of methoxy groups -OCH3 is 1. The number of carbonyl (C=O) groups excluding carboxylic acids is 2. The molecular formula is C27H26N8O3. The number of ether oxygens (including phenoxy) is 1. The first kappa shape index (κ1) is 23.6. The van der Waals surface area contributed by atoms with Crippen LogP contribution >= 0.6 is 0 Å². The van der Waals surface area contributed by atoms with Crippen molar-refractivity contribution in [1.29, 1.82) is 0 Å². The van der Waals surface area contributed by atoms with Crippen molar-refractivity contribution < 1.29 is 14.3 Å². The molecule has 11 nitrogen and oxygen atoms in total. The first-order valence-electron chi connectivity index (χ1n) is 12.4. The maximum Gasteiger partial charge on any atom is 0.295 e. The predicted octanol–water partition coefficient (Wildman–Crippen LogP) is 3.37. The van der Waals surface area contributed by atoms with E-state index in [1.54, 1.807) is 24.3 Å². The quantitative estimate of drug-likeness (QED) is 0.274. The number of aromatic nitrogens is 7. The van der Waals surface area contributed by atoms with Crippen molar-refractivity contribution in [2.24, 2.45) is 0 Å². The summed E-state index contributed by atoms with van der Waals surface area (Å²) >= 11 is 0. The van der Waals surface area contributed by atoms with Gasteiger partial charge in [-0.2, -0.15) is 5.10 Å². The second-order valence-electron chi connectivity index (χ2n) is 9.22. The fourth-order valence-electron chi connectivity index (χ4n) is 5.08. The van der Waals surface area contributed by atoms with E-state index < -0.39 is 11.7 Å². The van der Waals surface area contributed by atoms with Crippen LogP contribution in [0.1, 0.15) is 35.1 Å². The molecule has 6 rings (SSSR count). The highest BCUT2D eigenvalue weighted by molar-refractivity contribution is 6.45. The Labute approximate surface area is 218 Å². The minimum absolute atomic E-state index is 0.194. The maximum atomic E-state index is 13.5. The van der Waals surface area contributed by atoms with E-state index >= 15 is 0 Å². The monoisotopic (exact) mass is 510 g/mol. The number of aryl methyl sites for hydroxylation is 1. The van der Waals surface area contributed by atoms with Gasteiger partial charge in [0.25, 0.3) is 11.7 Å². The second-order valence-corrected chi connectivity index (χ2v) is 9.22. The summed E-state index contributed by atoms with van der Waals surface area (Å²) in [5.41, 5.74) is 1.83. The van der Waals surface area contributed by atoms with E-state index in [4.69, 9.17) is 4.74 Å². The van der Waals surface area contributed by atoms with Crippen molar-refractivity contribution in [3.8, 4) is 23.0 Å². The largest absolute Gasteiger partial charge is 0.494 e. The van der Waals surface area contributed by atoms with Gasteiger partial charge in [0.05, 0.1) is 29.8 Å². The molecule has 0 unspecified atom stereocenters. The molecular weight excluding hydrogens is 484 g/mol. The number of nitrogens with zero attached hydrogens (tertiary/aromatic N) is 7. The number of rotatable bonds is 6. The summed E-state index contributed by atoms with van der Waals surface area (Å²) < 4.78 is 9.18. The molecule has 5 aromatic rings. The number of aromatic amines is 1. The number of carbonyl (C=O) groups is 2. The molecule has 0 spiro atoms. The molecule has 1 fully saturated rings. The summed E-state index contributed by atoms with van der Waals surface area (Å²) in [5.74, 6) is 1.23. The molecule has 5 heterocycles. The summed E-state index contributed by atoms with van der Waals surface area (Å²) in [6.07, 6.45) is 9.84. The molecule has 1 aliphatic rings. The zero-order valence-electron chi connectivity index (χ0n) is 21.0. The van der Waals surface area contributed by atoms with Crippen molar-refractivity contribution in [3.63, 3.8) is 0 Å². The molecule has 4 aromatic heterocycles. The van der Waals surface area contributed by atoms with E-state index in [9.17, 15) is 9.59 Å². The summed E-state index contributed by atoms with van der Waals surface area (Å²) in [5, 5.41) is 4.81. The Balaban J connectivity index is 1.22. The number of pyridine rings is 1. The number of fused-ring (bicyclic) bond motifs is 1. The zero-order valence-corrected chi connectivity index (χ0v) is 21.0. The van der Waals surface area contributed by atoms with Crippen LogP contribution < -0.4 is 4.74 Å². The van der Waals surface area contributed by atoms with Crippen molar-refractivity contribution >= 4 is 22.6 Å². The van der Waals surface area contributed by atoms with Crippen LogP contribution in [0.5, 0.6) is 5.75 Å². The van der Waals surface area contributed by atoms with Crippen molar-refractivity contribution in [1.82, 2.24) is 39.2 Å². The molecule has 1 aromatic carbocycles. The SMILES string of the molecule is COc1cnc(-n2cnc(C)n2)c2[nH]cc(C(=O)C(=O)N3CCC(n4ccnc4-c4ccccc4)CC3)c12.